The van der Waals surface area contributed by atoms with Crippen LogP contribution in [0.3, 0.4) is 0 Å². The van der Waals surface area contributed by atoms with Crippen molar-refractivity contribution in [2.75, 3.05) is 0 Å². The van der Waals surface area contributed by atoms with E-state index in [9.17, 15) is 0 Å². The van der Waals surface area contributed by atoms with Gasteiger partial charge < -0.3 is 0 Å². The monoisotopic (exact) mass is 210 g/mol. The summed E-state index contributed by atoms with van der Waals surface area (Å²) in [5.41, 5.74) is 1.72. The molecule has 90 valence electrons. The van der Waals surface area contributed by atoms with Gasteiger partial charge in [0.05, 0.1) is 0 Å². The number of hydrogen-bond donors (Lipinski definition) is 0. The quantitative estimate of drug-likeness (QED) is 0.520. The second-order valence-electron chi connectivity index (χ2n) is 8.11. The maximum absolute atomic E-state index is 2.45. The third-order valence-electron chi connectivity index (χ3n) is 6.54. The van der Waals surface area contributed by atoms with E-state index in [4.69, 9.17) is 0 Å². The van der Waals surface area contributed by atoms with Crippen LogP contribution in [0.25, 0.3) is 0 Å². The predicted molar refractivity (Wildman–Crippen MR) is 68.9 cm³/mol. The van der Waals surface area contributed by atoms with Crippen LogP contribution in [0.2, 0.25) is 0 Å². The van der Waals surface area contributed by atoms with Crippen molar-refractivity contribution >= 4 is 0 Å². The van der Waals surface area contributed by atoms with E-state index in [0.717, 1.165) is 5.92 Å². The summed E-state index contributed by atoms with van der Waals surface area (Å²) in [7, 11) is 0. The summed E-state index contributed by atoms with van der Waals surface area (Å²) in [5.74, 6) is 0.753. The third-order valence-corrected chi connectivity index (χ3v) is 6.54. The van der Waals surface area contributed by atoms with Gasteiger partial charge in [0.15, 0.2) is 0 Å². The van der Waals surface area contributed by atoms with Crippen molar-refractivity contribution in [2.24, 2.45) is 27.6 Å². The Morgan fingerprint density at radius 2 is 0.933 bits per heavy atom. The Morgan fingerprint density at radius 1 is 0.667 bits per heavy atom. The van der Waals surface area contributed by atoms with Crippen molar-refractivity contribution < 1.29 is 0 Å². The smallest absolute Gasteiger partial charge is 0.0272 e. The average molecular weight is 210 g/mol. The van der Waals surface area contributed by atoms with Gasteiger partial charge in [-0.15, -0.1) is 0 Å². The molecule has 15 heavy (non-hydrogen) atoms. The lowest BCUT2D eigenvalue weighted by atomic mass is 9.41. The van der Waals surface area contributed by atoms with E-state index in [-0.39, 0.29) is 0 Å². The summed E-state index contributed by atoms with van der Waals surface area (Å²) in [6, 6.07) is 0. The van der Waals surface area contributed by atoms with Crippen LogP contribution in [0.1, 0.15) is 68.7 Å². The van der Waals surface area contributed by atoms with Gasteiger partial charge in [0, 0.05) is 0 Å². The topological polar surface area (TPSA) is 0 Å². The van der Waals surface area contributed by atoms with Crippen LogP contribution in [0, 0.1) is 27.6 Å². The highest BCUT2D eigenvalue weighted by Crippen LogP contribution is 2.65. The van der Waals surface area contributed by atoms with E-state index in [1.54, 1.807) is 0 Å². The molecule has 1 fully saturated rings. The number of hydrogen-bond acceptors (Lipinski definition) is 0. The van der Waals surface area contributed by atoms with Gasteiger partial charge in [-0.25, -0.2) is 0 Å². The molecule has 0 atom stereocenters. The molecule has 1 rings (SSSR count). The molecule has 0 bridgehead atoms. The molecule has 0 nitrogen and oxygen atoms in total. The zero-order valence-electron chi connectivity index (χ0n) is 12.3. The largest absolute Gasteiger partial charge is 0.0614 e. The van der Waals surface area contributed by atoms with Crippen molar-refractivity contribution in [2.45, 2.75) is 68.7 Å². The maximum atomic E-state index is 2.45. The van der Waals surface area contributed by atoms with E-state index in [0.29, 0.717) is 21.7 Å². The zero-order chi connectivity index (χ0) is 12.3. The molecule has 0 radical (unpaired) electrons. The molecule has 0 spiro atoms. The lowest BCUT2D eigenvalue weighted by Gasteiger charge is -2.64. The molecule has 0 heterocycles. The van der Waals surface area contributed by atoms with Gasteiger partial charge in [-0.1, -0.05) is 62.3 Å². The molecule has 1 aliphatic rings. The van der Waals surface area contributed by atoms with Gasteiger partial charge in [0.1, 0.15) is 0 Å². The molecule has 0 aliphatic heterocycles. The van der Waals surface area contributed by atoms with Crippen molar-refractivity contribution in [1.29, 1.82) is 0 Å². The highest BCUT2D eigenvalue weighted by atomic mass is 14.6. The minimum atomic E-state index is 0.423. The second-order valence-corrected chi connectivity index (χ2v) is 8.11. The molecule has 1 aliphatic carbocycles. The standard InChI is InChI=1S/C15H30/c1-11-14(6,7)12(2,3)10-13(4,5)15(11,8)9/h11H,10H2,1-9H3. The Hall–Kier alpha value is 0. The van der Waals surface area contributed by atoms with E-state index >= 15 is 0 Å². The van der Waals surface area contributed by atoms with Crippen LogP contribution in [0.4, 0.5) is 0 Å². The normalized spacial score (nSPS) is 32.6. The highest BCUT2D eigenvalue weighted by Gasteiger charge is 2.58. The molecule has 0 aromatic heterocycles. The van der Waals surface area contributed by atoms with Crippen LogP contribution in [0.15, 0.2) is 0 Å². The fourth-order valence-electron chi connectivity index (χ4n) is 3.63. The van der Waals surface area contributed by atoms with Crippen LogP contribution in [-0.2, 0) is 0 Å². The molecule has 0 unspecified atom stereocenters. The lowest BCUT2D eigenvalue weighted by Crippen LogP contribution is -2.56. The zero-order valence-corrected chi connectivity index (χ0v) is 12.3. The molecule has 0 aromatic carbocycles. The Bertz CT molecular complexity index is 227. The molecular formula is C15H30. The minimum Gasteiger partial charge on any atom is -0.0614 e. The molecular weight excluding hydrogens is 180 g/mol. The summed E-state index contributed by atoms with van der Waals surface area (Å²) < 4.78 is 0. The van der Waals surface area contributed by atoms with E-state index in [2.05, 4.69) is 62.3 Å². The van der Waals surface area contributed by atoms with Gasteiger partial charge in [0.2, 0.25) is 0 Å². The van der Waals surface area contributed by atoms with Gasteiger partial charge >= 0.3 is 0 Å². The van der Waals surface area contributed by atoms with Crippen molar-refractivity contribution in [3.05, 3.63) is 0 Å². The minimum absolute atomic E-state index is 0.423. The highest BCUT2D eigenvalue weighted by molar-refractivity contribution is 5.07. The van der Waals surface area contributed by atoms with Crippen molar-refractivity contribution in [3.63, 3.8) is 0 Å². The van der Waals surface area contributed by atoms with Gasteiger partial charge in [0.25, 0.3) is 0 Å². The van der Waals surface area contributed by atoms with E-state index in [1.165, 1.54) is 6.42 Å². The first-order chi connectivity index (χ1) is 6.36. The first-order valence-electron chi connectivity index (χ1n) is 6.36. The van der Waals surface area contributed by atoms with Gasteiger partial charge in [-0.2, -0.15) is 0 Å². The van der Waals surface area contributed by atoms with Crippen LogP contribution < -0.4 is 0 Å². The second kappa shape index (κ2) is 3.02. The third kappa shape index (κ3) is 1.56. The molecule has 0 heteroatoms. The van der Waals surface area contributed by atoms with Crippen molar-refractivity contribution in [3.8, 4) is 0 Å². The summed E-state index contributed by atoms with van der Waals surface area (Å²) in [5, 5.41) is 0. The Labute approximate surface area is 96.8 Å². The SMILES string of the molecule is CC1C(C)(C)C(C)(C)CC(C)(C)C1(C)C. The summed E-state index contributed by atoms with van der Waals surface area (Å²) >= 11 is 0. The molecule has 0 saturated heterocycles. The van der Waals surface area contributed by atoms with E-state index < -0.39 is 0 Å². The fourth-order valence-corrected chi connectivity index (χ4v) is 3.63. The van der Waals surface area contributed by atoms with Crippen molar-refractivity contribution in [1.82, 2.24) is 0 Å². The first kappa shape index (κ1) is 13.1. The maximum Gasteiger partial charge on any atom is -0.0272 e. The van der Waals surface area contributed by atoms with Crippen LogP contribution in [0.5, 0.6) is 0 Å². The Morgan fingerprint density at radius 3 is 1.20 bits per heavy atom. The summed E-state index contributed by atoms with van der Waals surface area (Å²) in [4.78, 5) is 0. The number of rotatable bonds is 0. The van der Waals surface area contributed by atoms with Crippen LogP contribution in [-0.4, -0.2) is 0 Å². The predicted octanol–water partition coefficient (Wildman–Crippen LogP) is 5.13. The first-order valence-corrected chi connectivity index (χ1v) is 6.36. The molecule has 0 amide bonds. The average Bonchev–Trinajstić information content (AvgIpc) is 1.98. The Balaban J connectivity index is 3.24. The van der Waals surface area contributed by atoms with Gasteiger partial charge in [-0.3, -0.25) is 0 Å². The molecule has 0 aromatic rings. The molecule has 1 saturated carbocycles. The fraction of sp³-hybridized carbons (Fsp3) is 1.00. The van der Waals surface area contributed by atoms with Gasteiger partial charge in [-0.05, 0) is 34.0 Å². The van der Waals surface area contributed by atoms with Crippen LogP contribution >= 0.6 is 0 Å². The molecule has 0 N–H and O–H groups in total. The van der Waals surface area contributed by atoms with E-state index in [1.807, 2.05) is 0 Å². The Kier molecular flexibility index (Phi) is 2.63. The summed E-state index contributed by atoms with van der Waals surface area (Å²) in [6.07, 6.45) is 1.32. The summed E-state index contributed by atoms with van der Waals surface area (Å²) in [6.45, 7) is 22.0. The lowest BCUT2D eigenvalue weighted by molar-refractivity contribution is -0.151.